The van der Waals surface area contributed by atoms with Gasteiger partial charge in [-0.05, 0) is 19.1 Å². The highest BCUT2D eigenvalue weighted by Crippen LogP contribution is 2.41. The van der Waals surface area contributed by atoms with Crippen LogP contribution in [-0.4, -0.2) is 30.6 Å². The summed E-state index contributed by atoms with van der Waals surface area (Å²) >= 11 is 0. The fraction of sp³-hybridized carbons (Fsp3) is 0.333. The number of carbonyl (C=O) groups excluding carboxylic acids is 2. The van der Waals surface area contributed by atoms with Gasteiger partial charge in [-0.3, -0.25) is 4.79 Å². The third-order valence-corrected chi connectivity index (χ3v) is 2.32. The van der Waals surface area contributed by atoms with Crippen LogP contribution < -0.4 is 4.74 Å². The molecule has 1 N–H and O–H groups in total. The lowest BCUT2D eigenvalue weighted by Crippen LogP contribution is -2.18. The van der Waals surface area contributed by atoms with Gasteiger partial charge in [0.15, 0.2) is 11.5 Å². The number of benzene rings is 1. The molecule has 5 nitrogen and oxygen atoms in total. The first-order chi connectivity index (χ1) is 9.22. The highest BCUT2D eigenvalue weighted by molar-refractivity contribution is 6.40. The lowest BCUT2D eigenvalue weighted by molar-refractivity contribution is -0.139. The fourth-order valence-corrected chi connectivity index (χ4v) is 1.43. The molecule has 0 aliphatic heterocycles. The van der Waals surface area contributed by atoms with Gasteiger partial charge in [0, 0.05) is 5.56 Å². The molecule has 1 rings (SSSR count). The van der Waals surface area contributed by atoms with Crippen LogP contribution in [0.4, 0.5) is 13.2 Å². The van der Waals surface area contributed by atoms with Gasteiger partial charge < -0.3 is 14.6 Å². The number of hydrogen-bond acceptors (Lipinski definition) is 5. The third kappa shape index (κ3) is 3.19. The summed E-state index contributed by atoms with van der Waals surface area (Å²) in [4.78, 5) is 22.8. The monoisotopic (exact) mass is 292 g/mol. The number of ether oxygens (including phenoxy) is 2. The molecule has 8 heteroatoms. The molecule has 0 bridgehead atoms. The van der Waals surface area contributed by atoms with Crippen LogP contribution in [0, 0.1) is 0 Å². The smallest absolute Gasteiger partial charge is 0.420 e. The summed E-state index contributed by atoms with van der Waals surface area (Å²) in [6.45, 7) is 1.36. The molecule has 0 aliphatic carbocycles. The van der Waals surface area contributed by atoms with E-state index in [1.165, 1.54) is 6.92 Å². The maximum atomic E-state index is 12.7. The van der Waals surface area contributed by atoms with Crippen molar-refractivity contribution in [1.29, 1.82) is 0 Å². The van der Waals surface area contributed by atoms with E-state index in [0.29, 0.717) is 6.07 Å². The number of aromatic hydroxyl groups is 1. The summed E-state index contributed by atoms with van der Waals surface area (Å²) < 4.78 is 47.1. The van der Waals surface area contributed by atoms with Crippen molar-refractivity contribution in [3.8, 4) is 11.5 Å². The van der Waals surface area contributed by atoms with E-state index in [0.717, 1.165) is 13.2 Å². The first-order valence-electron chi connectivity index (χ1n) is 5.42. The molecule has 0 atom stereocenters. The van der Waals surface area contributed by atoms with E-state index < -0.39 is 40.6 Å². The standard InChI is InChI=1S/C12H11F3O5/c1-3-20-11(18)9(16)6-4-7(12(13,14)15)10(17)8(5-6)19-2/h4-5,17H,3H2,1-2H3. The van der Waals surface area contributed by atoms with E-state index >= 15 is 0 Å². The Morgan fingerprint density at radius 1 is 1.30 bits per heavy atom. The van der Waals surface area contributed by atoms with Crippen LogP contribution in [0.1, 0.15) is 22.8 Å². The topological polar surface area (TPSA) is 72.8 Å². The van der Waals surface area contributed by atoms with E-state index in [1.807, 2.05) is 0 Å². The molecular formula is C12H11F3O5. The van der Waals surface area contributed by atoms with E-state index in [-0.39, 0.29) is 6.61 Å². The van der Waals surface area contributed by atoms with Crippen molar-refractivity contribution in [2.45, 2.75) is 13.1 Å². The van der Waals surface area contributed by atoms with Gasteiger partial charge in [0.1, 0.15) is 5.56 Å². The zero-order chi connectivity index (χ0) is 15.5. The SMILES string of the molecule is CCOC(=O)C(=O)c1cc(OC)c(O)c(C(F)(F)F)c1. The van der Waals surface area contributed by atoms with Gasteiger partial charge in [0.05, 0.1) is 13.7 Å². The Labute approximate surface area is 111 Å². The Kier molecular flexibility index (Phi) is 4.59. The molecule has 0 aliphatic rings. The summed E-state index contributed by atoms with van der Waals surface area (Å²) in [6.07, 6.45) is -4.90. The van der Waals surface area contributed by atoms with Crippen molar-refractivity contribution >= 4 is 11.8 Å². The molecule has 0 radical (unpaired) electrons. The zero-order valence-corrected chi connectivity index (χ0v) is 10.6. The van der Waals surface area contributed by atoms with Gasteiger partial charge in [-0.25, -0.2) is 4.79 Å². The van der Waals surface area contributed by atoms with Crippen molar-refractivity contribution in [1.82, 2.24) is 0 Å². The zero-order valence-electron chi connectivity index (χ0n) is 10.6. The Bertz CT molecular complexity index is 537. The van der Waals surface area contributed by atoms with Gasteiger partial charge in [0.25, 0.3) is 5.78 Å². The summed E-state index contributed by atoms with van der Waals surface area (Å²) in [7, 11) is 1.02. The minimum atomic E-state index is -4.90. The van der Waals surface area contributed by atoms with Gasteiger partial charge >= 0.3 is 12.1 Å². The third-order valence-electron chi connectivity index (χ3n) is 2.32. The van der Waals surface area contributed by atoms with Gasteiger partial charge in [-0.1, -0.05) is 0 Å². The molecule has 110 valence electrons. The van der Waals surface area contributed by atoms with Crippen molar-refractivity contribution in [2.24, 2.45) is 0 Å². The average molecular weight is 292 g/mol. The Hall–Kier alpha value is -2.25. The van der Waals surface area contributed by atoms with Crippen molar-refractivity contribution in [3.63, 3.8) is 0 Å². The molecule has 0 heterocycles. The highest BCUT2D eigenvalue weighted by Gasteiger charge is 2.37. The van der Waals surface area contributed by atoms with Crippen LogP contribution in [0.3, 0.4) is 0 Å². The molecule has 0 amide bonds. The van der Waals surface area contributed by atoms with E-state index in [9.17, 15) is 27.9 Å². The van der Waals surface area contributed by atoms with Crippen molar-refractivity contribution < 1.29 is 37.3 Å². The number of rotatable bonds is 4. The number of hydrogen-bond donors (Lipinski definition) is 1. The normalized spacial score (nSPS) is 11.1. The largest absolute Gasteiger partial charge is 0.504 e. The lowest BCUT2D eigenvalue weighted by atomic mass is 10.0. The summed E-state index contributed by atoms with van der Waals surface area (Å²) in [5, 5.41) is 9.40. The Morgan fingerprint density at radius 3 is 2.35 bits per heavy atom. The minimum Gasteiger partial charge on any atom is -0.504 e. The molecular weight excluding hydrogens is 281 g/mol. The number of esters is 1. The average Bonchev–Trinajstić information content (AvgIpc) is 2.37. The Morgan fingerprint density at radius 2 is 1.90 bits per heavy atom. The fourth-order valence-electron chi connectivity index (χ4n) is 1.43. The number of carbonyl (C=O) groups is 2. The maximum absolute atomic E-state index is 12.7. The minimum absolute atomic E-state index is 0.0913. The second-order valence-corrected chi connectivity index (χ2v) is 3.62. The molecule has 1 aromatic carbocycles. The van der Waals surface area contributed by atoms with E-state index in [2.05, 4.69) is 9.47 Å². The van der Waals surface area contributed by atoms with Crippen LogP contribution >= 0.6 is 0 Å². The summed E-state index contributed by atoms with van der Waals surface area (Å²) in [5.74, 6) is -4.25. The Balaban J connectivity index is 3.36. The number of halogens is 3. The molecule has 0 saturated carbocycles. The van der Waals surface area contributed by atoms with Crippen LogP contribution in [0.15, 0.2) is 12.1 Å². The number of methoxy groups -OCH3 is 1. The summed E-state index contributed by atoms with van der Waals surface area (Å²) in [6, 6.07) is 1.21. The molecule has 0 saturated heterocycles. The molecule has 0 unspecified atom stereocenters. The number of phenols is 1. The lowest BCUT2D eigenvalue weighted by Gasteiger charge is -2.13. The van der Waals surface area contributed by atoms with Crippen molar-refractivity contribution in [2.75, 3.05) is 13.7 Å². The predicted molar refractivity (Wildman–Crippen MR) is 60.6 cm³/mol. The number of alkyl halides is 3. The van der Waals surface area contributed by atoms with Crippen LogP contribution in [0.2, 0.25) is 0 Å². The van der Waals surface area contributed by atoms with Crippen LogP contribution in [0.5, 0.6) is 11.5 Å². The van der Waals surface area contributed by atoms with Gasteiger partial charge in [-0.15, -0.1) is 0 Å². The number of ketones is 1. The second-order valence-electron chi connectivity index (χ2n) is 3.62. The highest BCUT2D eigenvalue weighted by atomic mass is 19.4. The molecule has 0 fully saturated rings. The van der Waals surface area contributed by atoms with E-state index in [4.69, 9.17) is 0 Å². The van der Waals surface area contributed by atoms with Gasteiger partial charge in [0.2, 0.25) is 0 Å². The second kappa shape index (κ2) is 5.81. The first-order valence-corrected chi connectivity index (χ1v) is 5.42. The van der Waals surface area contributed by atoms with Gasteiger partial charge in [-0.2, -0.15) is 13.2 Å². The van der Waals surface area contributed by atoms with Crippen LogP contribution in [0.25, 0.3) is 0 Å². The number of Topliss-reactive ketones (excluding diaryl/α,β-unsaturated/α-hetero) is 1. The van der Waals surface area contributed by atoms with E-state index in [1.54, 1.807) is 0 Å². The molecule has 0 spiro atoms. The molecule has 0 aromatic heterocycles. The molecule has 20 heavy (non-hydrogen) atoms. The number of phenolic OH excluding ortho intramolecular Hbond substituents is 1. The molecule has 1 aromatic rings. The maximum Gasteiger partial charge on any atom is 0.420 e. The first kappa shape index (κ1) is 15.8. The predicted octanol–water partition coefficient (Wildman–Crippen LogP) is 2.17. The quantitative estimate of drug-likeness (QED) is 0.523. The van der Waals surface area contributed by atoms with Crippen LogP contribution in [-0.2, 0) is 15.7 Å². The van der Waals surface area contributed by atoms with Crippen molar-refractivity contribution in [3.05, 3.63) is 23.3 Å². The summed E-state index contributed by atoms with van der Waals surface area (Å²) in [5.41, 5.74) is -2.05.